The number of aryl methyl sites for hydroxylation is 2. The van der Waals surface area contributed by atoms with Crippen molar-refractivity contribution in [1.82, 2.24) is 29.5 Å². The zero-order valence-electron chi connectivity index (χ0n) is 17.0. The molecule has 0 spiro atoms. The van der Waals surface area contributed by atoms with Crippen molar-refractivity contribution in [3.05, 3.63) is 104 Å². The van der Waals surface area contributed by atoms with E-state index >= 15 is 0 Å². The van der Waals surface area contributed by atoms with Gasteiger partial charge >= 0.3 is 11.4 Å². The van der Waals surface area contributed by atoms with E-state index in [-0.39, 0.29) is 35.1 Å². The number of halogens is 2. The Morgan fingerprint density at radius 1 is 0.750 bits per heavy atom. The highest BCUT2D eigenvalue weighted by molar-refractivity contribution is 5.24. The quantitative estimate of drug-likeness (QED) is 0.502. The topological polar surface area (TPSA) is 101 Å². The Labute approximate surface area is 180 Å². The van der Waals surface area contributed by atoms with Gasteiger partial charge in [-0.2, -0.15) is 10.2 Å². The van der Waals surface area contributed by atoms with Crippen molar-refractivity contribution in [2.45, 2.75) is 37.8 Å². The molecule has 0 amide bonds. The van der Waals surface area contributed by atoms with Crippen LogP contribution < -0.4 is 11.4 Å². The van der Waals surface area contributed by atoms with Crippen molar-refractivity contribution in [2.24, 2.45) is 0 Å². The van der Waals surface area contributed by atoms with Gasteiger partial charge in [-0.1, -0.05) is 24.3 Å². The van der Waals surface area contributed by atoms with Crippen molar-refractivity contribution >= 4 is 0 Å². The molecule has 0 saturated carbocycles. The number of fused-ring (bicyclic) bond motifs is 2. The Morgan fingerprint density at radius 3 is 1.59 bits per heavy atom. The van der Waals surface area contributed by atoms with Crippen LogP contribution in [0, 0.1) is 11.6 Å². The van der Waals surface area contributed by atoms with E-state index in [2.05, 4.69) is 20.4 Å². The second kappa shape index (κ2) is 8.03. The van der Waals surface area contributed by atoms with Gasteiger partial charge in [-0.25, -0.2) is 28.6 Å². The number of aromatic nitrogens is 6. The molecule has 10 heteroatoms. The van der Waals surface area contributed by atoms with Crippen molar-refractivity contribution in [2.75, 3.05) is 0 Å². The lowest BCUT2D eigenvalue weighted by Crippen LogP contribution is -2.20. The molecule has 0 bridgehead atoms. The largest absolute Gasteiger partial charge is 0.343 e. The van der Waals surface area contributed by atoms with E-state index in [4.69, 9.17) is 0 Å². The summed E-state index contributed by atoms with van der Waals surface area (Å²) in [6.45, 7) is 0. The normalized spacial score (nSPS) is 18.7. The molecule has 2 unspecified atom stereocenters. The number of H-pyrrole nitrogens is 2. The molecule has 0 radical (unpaired) electrons. The molecule has 2 aliphatic heterocycles. The first-order chi connectivity index (χ1) is 15.5. The molecule has 0 aliphatic carbocycles. The minimum Gasteiger partial charge on any atom is -0.271 e. The smallest absolute Gasteiger partial charge is 0.271 e. The lowest BCUT2D eigenvalue weighted by molar-refractivity contribution is 0.581. The first-order valence-corrected chi connectivity index (χ1v) is 10.3. The molecule has 2 N–H and O–H groups in total. The van der Waals surface area contributed by atoms with Gasteiger partial charge in [-0.05, 0) is 48.2 Å². The first kappa shape index (κ1) is 20.1. The molecular weight excluding hydrogens is 418 g/mol. The summed E-state index contributed by atoms with van der Waals surface area (Å²) in [5.74, 6) is 0.948. The zero-order valence-corrected chi connectivity index (χ0v) is 17.0. The Morgan fingerprint density at radius 2 is 1.19 bits per heavy atom. The number of nitrogens with zero attached hydrogens (tertiary/aromatic N) is 4. The maximum absolute atomic E-state index is 13.1. The van der Waals surface area contributed by atoms with Crippen LogP contribution >= 0.6 is 0 Å². The summed E-state index contributed by atoms with van der Waals surface area (Å²) >= 11 is 0. The van der Waals surface area contributed by atoms with Crippen LogP contribution in [0.1, 0.15) is 47.7 Å². The van der Waals surface area contributed by atoms with Gasteiger partial charge in [-0.15, -0.1) is 0 Å². The fraction of sp³-hybridized carbons (Fsp3) is 0.273. The van der Waals surface area contributed by atoms with Gasteiger partial charge in [0.1, 0.15) is 23.3 Å². The second-order valence-corrected chi connectivity index (χ2v) is 7.85. The third-order valence-electron chi connectivity index (χ3n) is 5.93. The standard InChI is InChI=1S/2C11H10FN3O/c2*12-8-3-1-2-7(6-8)9-4-5-10-13-14-11(16)15(9)10/h2*1-3,6,9H,4-5H2,(H,14,16). The maximum atomic E-state index is 13.1. The highest BCUT2D eigenvalue weighted by atomic mass is 19.1. The molecule has 2 atom stereocenters. The predicted octanol–water partition coefficient (Wildman–Crippen LogP) is 2.49. The van der Waals surface area contributed by atoms with Crippen molar-refractivity contribution < 1.29 is 8.78 Å². The van der Waals surface area contributed by atoms with Crippen LogP contribution in [0.3, 0.4) is 0 Å². The van der Waals surface area contributed by atoms with E-state index in [0.717, 1.165) is 48.5 Å². The molecule has 2 aromatic heterocycles. The number of benzene rings is 2. The monoisotopic (exact) mass is 438 g/mol. The van der Waals surface area contributed by atoms with Gasteiger partial charge < -0.3 is 0 Å². The van der Waals surface area contributed by atoms with E-state index < -0.39 is 0 Å². The molecule has 2 aliphatic rings. The van der Waals surface area contributed by atoms with Gasteiger partial charge in [0.2, 0.25) is 0 Å². The van der Waals surface area contributed by atoms with Crippen LogP contribution in [-0.4, -0.2) is 29.5 Å². The molecule has 4 heterocycles. The van der Waals surface area contributed by atoms with Crippen molar-refractivity contribution in [3.8, 4) is 0 Å². The third kappa shape index (κ3) is 3.57. The Balaban J connectivity index is 0.000000135. The van der Waals surface area contributed by atoms with Crippen LogP contribution in [0.4, 0.5) is 8.78 Å². The molecule has 4 aromatic rings. The number of aromatic amines is 2. The Hall–Kier alpha value is -3.82. The fourth-order valence-corrected chi connectivity index (χ4v) is 4.52. The average Bonchev–Trinajstić information content (AvgIpc) is 3.54. The average molecular weight is 438 g/mol. The van der Waals surface area contributed by atoms with E-state index in [0.29, 0.717) is 0 Å². The van der Waals surface area contributed by atoms with Gasteiger partial charge in [0.25, 0.3) is 0 Å². The first-order valence-electron chi connectivity index (χ1n) is 10.3. The minimum atomic E-state index is -0.275. The van der Waals surface area contributed by atoms with Crippen LogP contribution in [0.2, 0.25) is 0 Å². The summed E-state index contributed by atoms with van der Waals surface area (Å²) in [4.78, 5) is 23.1. The van der Waals surface area contributed by atoms with Gasteiger partial charge in [0, 0.05) is 12.8 Å². The minimum absolute atomic E-state index is 0.0862. The second-order valence-electron chi connectivity index (χ2n) is 7.85. The fourth-order valence-electron chi connectivity index (χ4n) is 4.52. The lowest BCUT2D eigenvalue weighted by Gasteiger charge is -2.11. The number of hydrogen-bond donors (Lipinski definition) is 2. The molecule has 0 saturated heterocycles. The maximum Gasteiger partial charge on any atom is 0.343 e. The van der Waals surface area contributed by atoms with Gasteiger partial charge in [-0.3, -0.25) is 9.13 Å². The zero-order chi connectivity index (χ0) is 22.2. The van der Waals surface area contributed by atoms with E-state index in [1.54, 1.807) is 21.3 Å². The van der Waals surface area contributed by atoms with Gasteiger partial charge in [0.05, 0.1) is 12.1 Å². The predicted molar refractivity (Wildman–Crippen MR) is 111 cm³/mol. The molecule has 2 aromatic carbocycles. The summed E-state index contributed by atoms with van der Waals surface area (Å²) < 4.78 is 29.4. The molecule has 0 fully saturated rings. The summed E-state index contributed by atoms with van der Waals surface area (Å²) in [6.07, 6.45) is 3.10. The Bertz CT molecular complexity index is 1280. The highest BCUT2D eigenvalue weighted by Gasteiger charge is 2.28. The Kier molecular flexibility index (Phi) is 5.04. The van der Waals surface area contributed by atoms with Crippen molar-refractivity contribution in [3.63, 3.8) is 0 Å². The summed E-state index contributed by atoms with van der Waals surface area (Å²) in [7, 11) is 0. The highest BCUT2D eigenvalue weighted by Crippen LogP contribution is 2.29. The van der Waals surface area contributed by atoms with Crippen LogP contribution in [-0.2, 0) is 12.8 Å². The summed E-state index contributed by atoms with van der Waals surface area (Å²) in [5, 5.41) is 12.7. The van der Waals surface area contributed by atoms with E-state index in [1.807, 2.05) is 12.1 Å². The van der Waals surface area contributed by atoms with Crippen LogP contribution in [0.25, 0.3) is 0 Å². The van der Waals surface area contributed by atoms with E-state index in [1.165, 1.54) is 24.3 Å². The molecule has 6 rings (SSSR count). The van der Waals surface area contributed by atoms with Gasteiger partial charge in [0.15, 0.2) is 0 Å². The van der Waals surface area contributed by atoms with Crippen molar-refractivity contribution in [1.29, 1.82) is 0 Å². The molecular formula is C22H20F2N6O2. The number of nitrogens with one attached hydrogen (secondary N) is 2. The van der Waals surface area contributed by atoms with E-state index in [9.17, 15) is 18.4 Å². The van der Waals surface area contributed by atoms with Crippen LogP contribution in [0.15, 0.2) is 58.1 Å². The number of hydrogen-bond acceptors (Lipinski definition) is 4. The number of rotatable bonds is 2. The summed E-state index contributed by atoms with van der Waals surface area (Å²) in [6, 6.07) is 12.6. The molecule has 164 valence electrons. The summed E-state index contributed by atoms with van der Waals surface area (Å²) in [5.41, 5.74) is 1.20. The lowest BCUT2D eigenvalue weighted by atomic mass is 10.0. The van der Waals surface area contributed by atoms with Crippen LogP contribution in [0.5, 0.6) is 0 Å². The SMILES string of the molecule is O=c1[nH]nc2n1C(c1cccc(F)c1)CC2.O=c1[nH]nc2n1C(c1cccc(F)c1)CC2. The molecule has 8 nitrogen and oxygen atoms in total. The third-order valence-corrected chi connectivity index (χ3v) is 5.93. The molecule has 32 heavy (non-hydrogen) atoms.